The maximum atomic E-state index is 12.8. The van der Waals surface area contributed by atoms with Crippen LogP contribution in [-0.4, -0.2) is 22.1 Å². The fraction of sp³-hybridized carbons (Fsp3) is 0.438. The molecule has 3 rings (SSSR count). The maximum absolute atomic E-state index is 12.8. The van der Waals surface area contributed by atoms with E-state index in [1.165, 1.54) is 17.8 Å². The van der Waals surface area contributed by atoms with Crippen LogP contribution in [0.2, 0.25) is 0 Å². The maximum Gasteiger partial charge on any atom is 0.435 e. The standard InChI is InChI=1S/C16H14F6N2OS/c17-15(18,19)9-2-1-3-10(6-9)26-11-4-5-25-13(7-11)12-8-14(24-23-12)16(20,21)22/h1-3,6,8,11,13H,4-5,7H2,(H,23,24). The number of hydrogen-bond donors (Lipinski definition) is 1. The summed E-state index contributed by atoms with van der Waals surface area (Å²) in [5.74, 6) is 0. The van der Waals surface area contributed by atoms with E-state index in [0.29, 0.717) is 24.3 Å². The summed E-state index contributed by atoms with van der Waals surface area (Å²) in [6, 6.07) is 5.91. The Morgan fingerprint density at radius 2 is 1.85 bits per heavy atom. The van der Waals surface area contributed by atoms with E-state index in [9.17, 15) is 26.3 Å². The number of rotatable bonds is 3. The minimum absolute atomic E-state index is 0.0742. The first-order valence-electron chi connectivity index (χ1n) is 7.71. The van der Waals surface area contributed by atoms with Crippen molar-refractivity contribution in [3.8, 4) is 0 Å². The molecule has 2 unspecified atom stereocenters. The zero-order valence-corrected chi connectivity index (χ0v) is 14.0. The second-order valence-corrected chi connectivity index (χ2v) is 7.23. The molecule has 0 amide bonds. The summed E-state index contributed by atoms with van der Waals surface area (Å²) >= 11 is 1.27. The van der Waals surface area contributed by atoms with Crippen LogP contribution in [0.4, 0.5) is 26.3 Å². The molecule has 1 aromatic carbocycles. The van der Waals surface area contributed by atoms with Gasteiger partial charge < -0.3 is 4.74 Å². The van der Waals surface area contributed by atoms with Crippen molar-refractivity contribution in [2.45, 2.75) is 41.4 Å². The summed E-state index contributed by atoms with van der Waals surface area (Å²) in [4.78, 5) is 0.464. The van der Waals surface area contributed by atoms with Crippen LogP contribution in [0.3, 0.4) is 0 Å². The van der Waals surface area contributed by atoms with Gasteiger partial charge in [0.2, 0.25) is 0 Å². The average Bonchev–Trinajstić information content (AvgIpc) is 3.05. The van der Waals surface area contributed by atoms with Crippen molar-refractivity contribution in [3.63, 3.8) is 0 Å². The van der Waals surface area contributed by atoms with Crippen LogP contribution in [0.5, 0.6) is 0 Å². The zero-order valence-electron chi connectivity index (χ0n) is 13.2. The Morgan fingerprint density at radius 1 is 1.08 bits per heavy atom. The number of thioether (sulfide) groups is 1. The molecule has 3 nitrogen and oxygen atoms in total. The van der Waals surface area contributed by atoms with Gasteiger partial charge in [0.25, 0.3) is 0 Å². The van der Waals surface area contributed by atoms with Crippen LogP contribution in [0.1, 0.15) is 35.9 Å². The fourth-order valence-corrected chi connectivity index (χ4v) is 3.90. The highest BCUT2D eigenvalue weighted by Gasteiger charge is 2.36. The van der Waals surface area contributed by atoms with Crippen LogP contribution < -0.4 is 0 Å². The van der Waals surface area contributed by atoms with Gasteiger partial charge in [-0.1, -0.05) is 6.07 Å². The van der Waals surface area contributed by atoms with E-state index in [-0.39, 0.29) is 10.9 Å². The summed E-state index contributed by atoms with van der Waals surface area (Å²) in [6.45, 7) is 0.307. The van der Waals surface area contributed by atoms with Gasteiger partial charge in [-0.25, -0.2) is 0 Å². The molecule has 0 radical (unpaired) electrons. The van der Waals surface area contributed by atoms with Gasteiger partial charge in [-0.2, -0.15) is 31.4 Å². The molecule has 2 heterocycles. The molecule has 1 aliphatic rings. The van der Waals surface area contributed by atoms with E-state index < -0.39 is 29.7 Å². The summed E-state index contributed by atoms with van der Waals surface area (Å²) in [5, 5.41) is 5.52. The van der Waals surface area contributed by atoms with Crippen LogP contribution in [-0.2, 0) is 17.1 Å². The highest BCUT2D eigenvalue weighted by Crippen LogP contribution is 2.39. The molecule has 1 aliphatic heterocycles. The molecule has 2 atom stereocenters. The second-order valence-electron chi connectivity index (χ2n) is 5.86. The number of hydrogen-bond acceptors (Lipinski definition) is 3. The Balaban J connectivity index is 1.68. The monoisotopic (exact) mass is 396 g/mol. The van der Waals surface area contributed by atoms with Crippen molar-refractivity contribution in [1.29, 1.82) is 0 Å². The molecule has 0 bridgehead atoms. The molecule has 2 aromatic rings. The predicted octanol–water partition coefficient (Wildman–Crippen LogP) is 5.46. The minimum atomic E-state index is -4.55. The second kappa shape index (κ2) is 7.15. The van der Waals surface area contributed by atoms with Gasteiger partial charge in [0, 0.05) is 16.8 Å². The third-order valence-corrected chi connectivity index (χ3v) is 5.22. The molecule has 142 valence electrons. The largest absolute Gasteiger partial charge is 0.435 e. The first kappa shape index (κ1) is 19.1. The van der Waals surface area contributed by atoms with Crippen LogP contribution in [0.25, 0.3) is 0 Å². The lowest BCUT2D eigenvalue weighted by Crippen LogP contribution is -2.22. The molecule has 26 heavy (non-hydrogen) atoms. The number of aromatic nitrogens is 2. The molecular weight excluding hydrogens is 382 g/mol. The minimum Gasteiger partial charge on any atom is -0.372 e. The average molecular weight is 396 g/mol. The number of H-pyrrole nitrogens is 1. The van der Waals surface area contributed by atoms with E-state index in [2.05, 4.69) is 10.2 Å². The van der Waals surface area contributed by atoms with Gasteiger partial charge in [-0.05, 0) is 37.1 Å². The lowest BCUT2D eigenvalue weighted by Gasteiger charge is -2.28. The van der Waals surface area contributed by atoms with Crippen molar-refractivity contribution >= 4 is 11.8 Å². The number of aromatic amines is 1. The van der Waals surface area contributed by atoms with Gasteiger partial charge in [0.05, 0.1) is 17.4 Å². The summed E-state index contributed by atoms with van der Waals surface area (Å²) < 4.78 is 81.8. The number of nitrogens with one attached hydrogen (secondary N) is 1. The number of ether oxygens (including phenoxy) is 1. The highest BCUT2D eigenvalue weighted by atomic mass is 32.2. The molecule has 1 saturated heterocycles. The van der Waals surface area contributed by atoms with Gasteiger partial charge in [0.1, 0.15) is 0 Å². The molecule has 1 N–H and O–H groups in total. The Bertz CT molecular complexity index is 758. The van der Waals surface area contributed by atoms with E-state index in [1.807, 2.05) is 0 Å². The Kier molecular flexibility index (Phi) is 5.25. The lowest BCUT2D eigenvalue weighted by molar-refractivity contribution is -0.141. The van der Waals surface area contributed by atoms with Crippen molar-refractivity contribution < 1.29 is 31.1 Å². The van der Waals surface area contributed by atoms with Gasteiger partial charge in [-0.3, -0.25) is 5.10 Å². The Morgan fingerprint density at radius 3 is 2.50 bits per heavy atom. The molecule has 10 heteroatoms. The molecule has 0 aliphatic carbocycles. The fourth-order valence-electron chi connectivity index (χ4n) is 2.68. The summed E-state index contributed by atoms with van der Waals surface area (Å²) in [5.41, 5.74) is -1.54. The molecule has 1 fully saturated rings. The normalized spacial score (nSPS) is 21.8. The smallest absolute Gasteiger partial charge is 0.372 e. The van der Waals surface area contributed by atoms with Crippen LogP contribution >= 0.6 is 11.8 Å². The van der Waals surface area contributed by atoms with Crippen molar-refractivity contribution in [2.24, 2.45) is 0 Å². The van der Waals surface area contributed by atoms with Gasteiger partial charge >= 0.3 is 12.4 Å². The Hall–Kier alpha value is -1.68. The van der Waals surface area contributed by atoms with Crippen molar-refractivity contribution in [2.75, 3.05) is 6.61 Å². The van der Waals surface area contributed by atoms with E-state index >= 15 is 0 Å². The number of benzene rings is 1. The number of halogens is 6. The first-order chi connectivity index (χ1) is 12.1. The van der Waals surface area contributed by atoms with Crippen LogP contribution in [0, 0.1) is 0 Å². The van der Waals surface area contributed by atoms with E-state index in [1.54, 1.807) is 6.07 Å². The quantitative estimate of drug-likeness (QED) is 0.700. The molecule has 1 aromatic heterocycles. The highest BCUT2D eigenvalue weighted by molar-refractivity contribution is 8.00. The first-order valence-corrected chi connectivity index (χ1v) is 8.59. The van der Waals surface area contributed by atoms with Gasteiger partial charge in [-0.15, -0.1) is 11.8 Å². The van der Waals surface area contributed by atoms with E-state index in [0.717, 1.165) is 18.2 Å². The van der Waals surface area contributed by atoms with Crippen molar-refractivity contribution in [1.82, 2.24) is 10.2 Å². The third-order valence-electron chi connectivity index (χ3n) is 3.93. The predicted molar refractivity (Wildman–Crippen MR) is 82.6 cm³/mol. The van der Waals surface area contributed by atoms with E-state index in [4.69, 9.17) is 4.74 Å². The van der Waals surface area contributed by atoms with Gasteiger partial charge in [0.15, 0.2) is 5.69 Å². The SMILES string of the molecule is FC(F)(F)c1cccc(SC2CCOC(c3cc(C(F)(F)F)n[nH]3)C2)c1. The molecule has 0 saturated carbocycles. The lowest BCUT2D eigenvalue weighted by atomic mass is 10.1. The molecule has 0 spiro atoms. The molecular formula is C16H14F6N2OS. The Labute approximate surface area is 149 Å². The number of nitrogens with zero attached hydrogens (tertiary/aromatic N) is 1. The number of alkyl halides is 6. The summed E-state index contributed by atoms with van der Waals surface area (Å²) in [7, 11) is 0. The van der Waals surface area contributed by atoms with Crippen molar-refractivity contribution in [3.05, 3.63) is 47.3 Å². The van der Waals surface area contributed by atoms with Crippen LogP contribution in [0.15, 0.2) is 35.2 Å². The zero-order chi connectivity index (χ0) is 18.9. The third kappa shape index (κ3) is 4.53. The summed E-state index contributed by atoms with van der Waals surface area (Å²) in [6.07, 6.45) is -8.59. The topological polar surface area (TPSA) is 37.9 Å².